The van der Waals surface area contributed by atoms with E-state index >= 15 is 0 Å². The van der Waals surface area contributed by atoms with Gasteiger partial charge in [0.15, 0.2) is 0 Å². The van der Waals surface area contributed by atoms with Gasteiger partial charge in [-0.05, 0) is 65.2 Å². The molecule has 0 spiro atoms. The molecule has 2 rings (SSSR count). The van der Waals surface area contributed by atoms with Crippen LogP contribution in [0.15, 0.2) is 34.8 Å². The second-order valence-corrected chi connectivity index (χ2v) is 5.41. The molecule has 0 fully saturated rings. The summed E-state index contributed by atoms with van der Waals surface area (Å²) in [5.74, 6) is -1.10. The largest absolute Gasteiger partial charge is 0.381 e. The van der Waals surface area contributed by atoms with Crippen molar-refractivity contribution in [2.24, 2.45) is 0 Å². The molecule has 0 unspecified atom stereocenters. The van der Waals surface area contributed by atoms with Gasteiger partial charge in [-0.1, -0.05) is 6.07 Å². The molecular weight excluding hydrogens is 312 g/mol. The summed E-state index contributed by atoms with van der Waals surface area (Å²) in [6.07, 6.45) is 0. The monoisotopic (exact) mass is 325 g/mol. The molecule has 0 aliphatic rings. The molecule has 0 aromatic heterocycles. The number of hydrogen-bond donors (Lipinski definition) is 1. The van der Waals surface area contributed by atoms with Gasteiger partial charge in [0.05, 0.1) is 4.47 Å². The minimum atomic E-state index is -0.558. The molecule has 1 nitrogen and oxygen atoms in total. The highest BCUT2D eigenvalue weighted by atomic mass is 79.9. The Hall–Kier alpha value is -1.42. The van der Waals surface area contributed by atoms with Gasteiger partial charge in [0.2, 0.25) is 0 Å². The summed E-state index contributed by atoms with van der Waals surface area (Å²) in [5.41, 5.74) is 3.11. The Morgan fingerprint density at radius 3 is 2.32 bits per heavy atom. The highest BCUT2D eigenvalue weighted by Gasteiger charge is 2.11. The van der Waals surface area contributed by atoms with Gasteiger partial charge in [0.25, 0.3) is 0 Å². The van der Waals surface area contributed by atoms with Crippen molar-refractivity contribution in [1.29, 1.82) is 0 Å². The Labute approximate surface area is 119 Å². The maximum atomic E-state index is 13.8. The second-order valence-electron chi connectivity index (χ2n) is 4.55. The molecule has 4 heteroatoms. The van der Waals surface area contributed by atoms with Crippen LogP contribution in [0.2, 0.25) is 0 Å². The first-order chi connectivity index (χ1) is 8.97. The van der Waals surface area contributed by atoms with E-state index in [9.17, 15) is 8.78 Å². The quantitative estimate of drug-likeness (QED) is 0.787. The Balaban J connectivity index is 2.21. The van der Waals surface area contributed by atoms with Crippen molar-refractivity contribution in [3.8, 4) is 0 Å². The molecule has 100 valence electrons. The molecule has 0 bridgehead atoms. The number of nitrogens with one attached hydrogen (secondary N) is 1. The van der Waals surface area contributed by atoms with Crippen LogP contribution in [0.25, 0.3) is 0 Å². The molecule has 0 saturated carbocycles. The molecule has 2 aromatic rings. The first kappa shape index (κ1) is 14.0. The van der Waals surface area contributed by atoms with E-state index in [0.717, 1.165) is 16.8 Å². The number of aryl methyl sites for hydroxylation is 2. The molecule has 0 aliphatic carbocycles. The van der Waals surface area contributed by atoms with Crippen LogP contribution in [0, 0.1) is 25.5 Å². The maximum absolute atomic E-state index is 13.8. The van der Waals surface area contributed by atoms with Crippen LogP contribution < -0.4 is 5.32 Å². The number of anilines is 1. The van der Waals surface area contributed by atoms with E-state index in [2.05, 4.69) is 21.2 Å². The van der Waals surface area contributed by atoms with Crippen molar-refractivity contribution in [1.82, 2.24) is 0 Å². The SMILES string of the molecule is Cc1cc(C)cc(NCc2c(F)ccc(Br)c2F)c1. The molecule has 0 amide bonds. The lowest BCUT2D eigenvalue weighted by Crippen LogP contribution is -2.05. The summed E-state index contributed by atoms with van der Waals surface area (Å²) in [6.45, 7) is 4.08. The topological polar surface area (TPSA) is 12.0 Å². The first-order valence-corrected chi connectivity index (χ1v) is 6.71. The minimum absolute atomic E-state index is 0.0357. The smallest absolute Gasteiger partial charge is 0.145 e. The van der Waals surface area contributed by atoms with Crippen molar-refractivity contribution >= 4 is 21.6 Å². The van der Waals surface area contributed by atoms with Gasteiger partial charge in [-0.15, -0.1) is 0 Å². The standard InChI is InChI=1S/C15H14BrF2N/c1-9-5-10(2)7-11(6-9)19-8-12-14(17)4-3-13(16)15(12)18/h3-7,19H,8H2,1-2H3. The molecule has 0 heterocycles. The number of rotatable bonds is 3. The summed E-state index contributed by atoms with van der Waals surface area (Å²) < 4.78 is 27.7. The van der Waals surface area contributed by atoms with Crippen molar-refractivity contribution in [3.63, 3.8) is 0 Å². The van der Waals surface area contributed by atoms with Crippen LogP contribution in [0.5, 0.6) is 0 Å². The Kier molecular flexibility index (Phi) is 4.20. The first-order valence-electron chi connectivity index (χ1n) is 5.92. The maximum Gasteiger partial charge on any atom is 0.145 e. The summed E-state index contributed by atoms with van der Waals surface area (Å²) in [7, 11) is 0. The van der Waals surface area contributed by atoms with E-state index in [0.29, 0.717) is 0 Å². The Bertz CT molecular complexity index is 591. The van der Waals surface area contributed by atoms with Crippen LogP contribution in [-0.2, 0) is 6.54 Å². The van der Waals surface area contributed by atoms with E-state index in [1.807, 2.05) is 32.0 Å². The fourth-order valence-electron chi connectivity index (χ4n) is 2.00. The summed E-state index contributed by atoms with van der Waals surface area (Å²) >= 11 is 3.06. The molecule has 19 heavy (non-hydrogen) atoms. The average molecular weight is 326 g/mol. The lowest BCUT2D eigenvalue weighted by Gasteiger charge is -2.11. The third-order valence-corrected chi connectivity index (χ3v) is 3.44. The van der Waals surface area contributed by atoms with Gasteiger partial charge in [-0.3, -0.25) is 0 Å². The van der Waals surface area contributed by atoms with Gasteiger partial charge in [0, 0.05) is 17.8 Å². The van der Waals surface area contributed by atoms with Crippen LogP contribution >= 0.6 is 15.9 Å². The number of benzene rings is 2. The van der Waals surface area contributed by atoms with E-state index < -0.39 is 11.6 Å². The minimum Gasteiger partial charge on any atom is -0.381 e. The predicted molar refractivity (Wildman–Crippen MR) is 77.3 cm³/mol. The van der Waals surface area contributed by atoms with Crippen LogP contribution in [-0.4, -0.2) is 0 Å². The lowest BCUT2D eigenvalue weighted by molar-refractivity contribution is 0.555. The third-order valence-electron chi connectivity index (χ3n) is 2.83. The predicted octanol–water partition coefficient (Wildman–Crippen LogP) is 4.96. The molecule has 0 saturated heterocycles. The van der Waals surface area contributed by atoms with Crippen LogP contribution in [0.1, 0.15) is 16.7 Å². The van der Waals surface area contributed by atoms with Gasteiger partial charge in [-0.25, -0.2) is 8.78 Å². The molecular formula is C15H14BrF2N. The normalized spacial score (nSPS) is 10.6. The van der Waals surface area contributed by atoms with Crippen LogP contribution in [0.4, 0.5) is 14.5 Å². The number of hydrogen-bond acceptors (Lipinski definition) is 1. The fourth-order valence-corrected chi connectivity index (χ4v) is 2.37. The van der Waals surface area contributed by atoms with Gasteiger partial charge in [0.1, 0.15) is 11.6 Å². The highest BCUT2D eigenvalue weighted by Crippen LogP contribution is 2.23. The van der Waals surface area contributed by atoms with Crippen molar-refractivity contribution in [3.05, 3.63) is 63.1 Å². The third kappa shape index (κ3) is 3.32. The summed E-state index contributed by atoms with van der Waals surface area (Å²) in [4.78, 5) is 0. The van der Waals surface area contributed by atoms with Gasteiger partial charge < -0.3 is 5.32 Å². The number of halogens is 3. The zero-order valence-corrected chi connectivity index (χ0v) is 12.3. The van der Waals surface area contributed by atoms with E-state index in [1.54, 1.807) is 0 Å². The molecule has 0 radical (unpaired) electrons. The van der Waals surface area contributed by atoms with E-state index in [-0.39, 0.29) is 16.6 Å². The van der Waals surface area contributed by atoms with E-state index in [1.165, 1.54) is 12.1 Å². The van der Waals surface area contributed by atoms with Crippen molar-refractivity contribution < 1.29 is 8.78 Å². The van der Waals surface area contributed by atoms with E-state index in [4.69, 9.17) is 0 Å². The van der Waals surface area contributed by atoms with Gasteiger partial charge >= 0.3 is 0 Å². The fraction of sp³-hybridized carbons (Fsp3) is 0.200. The Morgan fingerprint density at radius 1 is 1.05 bits per heavy atom. The molecule has 0 atom stereocenters. The van der Waals surface area contributed by atoms with Crippen molar-refractivity contribution in [2.45, 2.75) is 20.4 Å². The zero-order chi connectivity index (χ0) is 14.0. The lowest BCUT2D eigenvalue weighted by atomic mass is 10.1. The summed E-state index contributed by atoms with van der Waals surface area (Å²) in [5, 5.41) is 3.05. The molecule has 2 aromatic carbocycles. The molecule has 1 N–H and O–H groups in total. The average Bonchev–Trinajstić information content (AvgIpc) is 2.33. The second kappa shape index (κ2) is 5.70. The zero-order valence-electron chi connectivity index (χ0n) is 10.7. The highest BCUT2D eigenvalue weighted by molar-refractivity contribution is 9.10. The molecule has 0 aliphatic heterocycles. The Morgan fingerprint density at radius 2 is 1.68 bits per heavy atom. The summed E-state index contributed by atoms with van der Waals surface area (Å²) in [6, 6.07) is 8.56. The van der Waals surface area contributed by atoms with Crippen LogP contribution in [0.3, 0.4) is 0 Å². The van der Waals surface area contributed by atoms with Gasteiger partial charge in [-0.2, -0.15) is 0 Å². The van der Waals surface area contributed by atoms with Crippen molar-refractivity contribution in [2.75, 3.05) is 5.32 Å².